The fraction of sp³-hybridized carbons (Fsp3) is 0.526. The van der Waals surface area contributed by atoms with Gasteiger partial charge in [0.2, 0.25) is 5.91 Å². The van der Waals surface area contributed by atoms with Gasteiger partial charge < -0.3 is 14.8 Å². The molecule has 1 aromatic carbocycles. The van der Waals surface area contributed by atoms with Crippen LogP contribution in [0.2, 0.25) is 0 Å². The van der Waals surface area contributed by atoms with Crippen LogP contribution in [0.25, 0.3) is 11.0 Å². The molecule has 0 spiro atoms. The first-order valence-corrected chi connectivity index (χ1v) is 9.06. The van der Waals surface area contributed by atoms with E-state index in [0.717, 1.165) is 29.8 Å². The van der Waals surface area contributed by atoms with Gasteiger partial charge in [0.05, 0.1) is 11.0 Å². The number of H-pyrrole nitrogens is 1. The molecule has 1 N–H and O–H groups in total. The van der Waals surface area contributed by atoms with Crippen LogP contribution in [0, 0.1) is 0 Å². The van der Waals surface area contributed by atoms with E-state index in [1.165, 1.54) is 0 Å². The van der Waals surface area contributed by atoms with Crippen LogP contribution in [0.5, 0.6) is 0 Å². The number of fused-ring (bicyclic) bond motifs is 1. The number of hydrogen-bond donors (Lipinski definition) is 1. The van der Waals surface area contributed by atoms with Crippen molar-refractivity contribution in [1.29, 1.82) is 0 Å². The predicted octanol–water partition coefficient (Wildman–Crippen LogP) is 2.77. The van der Waals surface area contributed by atoms with Crippen molar-refractivity contribution >= 4 is 22.8 Å². The summed E-state index contributed by atoms with van der Waals surface area (Å²) >= 11 is 0. The van der Waals surface area contributed by atoms with Crippen LogP contribution in [0.15, 0.2) is 18.2 Å². The quantitative estimate of drug-likeness (QED) is 0.932. The molecule has 0 atom stereocenters. The molecule has 0 radical (unpaired) electrons. The number of carbonyl (C=O) groups excluding carboxylic acids is 2. The number of aromatic amines is 1. The van der Waals surface area contributed by atoms with Crippen LogP contribution in [-0.2, 0) is 4.79 Å². The number of imidazole rings is 1. The summed E-state index contributed by atoms with van der Waals surface area (Å²) in [5.74, 6) is 1.44. The lowest BCUT2D eigenvalue weighted by molar-refractivity contribution is -0.130. The standard InChI is InChI=1S/C19H26N4O2/c1-4-17(24)22-8-5-9-23(11-10-22)19(25)14-6-7-15-16(12-14)21-18(20-15)13(2)3/h6-7,12-13H,4-5,8-11H2,1-3H3,(H,20,21). The Kier molecular flexibility index (Phi) is 5.06. The highest BCUT2D eigenvalue weighted by Gasteiger charge is 2.22. The van der Waals surface area contributed by atoms with Gasteiger partial charge in [0.1, 0.15) is 5.82 Å². The molecular weight excluding hydrogens is 316 g/mol. The first-order chi connectivity index (χ1) is 12.0. The van der Waals surface area contributed by atoms with Crippen LogP contribution in [0.1, 0.15) is 55.7 Å². The number of hydrogen-bond acceptors (Lipinski definition) is 3. The second-order valence-corrected chi connectivity index (χ2v) is 6.89. The van der Waals surface area contributed by atoms with Gasteiger partial charge in [0, 0.05) is 44.1 Å². The summed E-state index contributed by atoms with van der Waals surface area (Å²) in [5.41, 5.74) is 2.45. The van der Waals surface area contributed by atoms with Crippen LogP contribution >= 0.6 is 0 Å². The molecule has 2 aromatic rings. The number of carbonyl (C=O) groups is 2. The van der Waals surface area contributed by atoms with Crippen molar-refractivity contribution in [3.05, 3.63) is 29.6 Å². The second-order valence-electron chi connectivity index (χ2n) is 6.89. The summed E-state index contributed by atoms with van der Waals surface area (Å²) < 4.78 is 0. The highest BCUT2D eigenvalue weighted by atomic mass is 16.2. The van der Waals surface area contributed by atoms with Crippen molar-refractivity contribution in [2.45, 2.75) is 39.5 Å². The maximum absolute atomic E-state index is 12.9. The minimum absolute atomic E-state index is 0.0217. The van der Waals surface area contributed by atoms with Gasteiger partial charge in [-0.3, -0.25) is 9.59 Å². The molecule has 0 bridgehead atoms. The van der Waals surface area contributed by atoms with Gasteiger partial charge in [-0.15, -0.1) is 0 Å². The SMILES string of the molecule is CCC(=O)N1CCCN(C(=O)c2ccc3nc(C(C)C)[nH]c3c2)CC1. The fourth-order valence-corrected chi connectivity index (χ4v) is 3.21. The number of nitrogens with one attached hydrogen (secondary N) is 1. The van der Waals surface area contributed by atoms with Crippen molar-refractivity contribution in [3.63, 3.8) is 0 Å². The maximum Gasteiger partial charge on any atom is 0.253 e. The summed E-state index contributed by atoms with van der Waals surface area (Å²) in [6, 6.07) is 5.63. The predicted molar refractivity (Wildman–Crippen MR) is 97.6 cm³/mol. The number of amides is 2. The molecule has 6 nitrogen and oxygen atoms in total. The molecular formula is C19H26N4O2. The number of benzene rings is 1. The van der Waals surface area contributed by atoms with Crippen molar-refractivity contribution in [2.75, 3.05) is 26.2 Å². The van der Waals surface area contributed by atoms with E-state index in [1.54, 1.807) is 0 Å². The number of rotatable bonds is 3. The molecule has 0 saturated carbocycles. The number of nitrogens with zero attached hydrogens (tertiary/aromatic N) is 3. The minimum Gasteiger partial charge on any atom is -0.342 e. The Hall–Kier alpha value is -2.37. The third kappa shape index (κ3) is 3.67. The van der Waals surface area contributed by atoms with E-state index in [1.807, 2.05) is 34.9 Å². The van der Waals surface area contributed by atoms with Crippen molar-refractivity contribution < 1.29 is 9.59 Å². The van der Waals surface area contributed by atoms with E-state index in [2.05, 4.69) is 23.8 Å². The molecule has 1 saturated heterocycles. The molecule has 6 heteroatoms. The van der Waals surface area contributed by atoms with E-state index < -0.39 is 0 Å². The van der Waals surface area contributed by atoms with Gasteiger partial charge in [-0.1, -0.05) is 20.8 Å². The zero-order valence-electron chi connectivity index (χ0n) is 15.2. The lowest BCUT2D eigenvalue weighted by atomic mass is 10.1. The van der Waals surface area contributed by atoms with E-state index >= 15 is 0 Å². The molecule has 2 heterocycles. The molecule has 1 aromatic heterocycles. The number of aromatic nitrogens is 2. The lowest BCUT2D eigenvalue weighted by Crippen LogP contribution is -2.37. The van der Waals surface area contributed by atoms with Gasteiger partial charge in [-0.2, -0.15) is 0 Å². The summed E-state index contributed by atoms with van der Waals surface area (Å²) in [5, 5.41) is 0. The first-order valence-electron chi connectivity index (χ1n) is 9.06. The average molecular weight is 342 g/mol. The molecule has 1 aliphatic heterocycles. The highest BCUT2D eigenvalue weighted by molar-refractivity contribution is 5.97. The first kappa shape index (κ1) is 17.5. The Morgan fingerprint density at radius 3 is 2.60 bits per heavy atom. The molecule has 0 unspecified atom stereocenters. The zero-order chi connectivity index (χ0) is 18.0. The average Bonchev–Trinajstić information content (AvgIpc) is 2.89. The summed E-state index contributed by atoms with van der Waals surface area (Å²) in [6.07, 6.45) is 1.34. The Labute approximate surface area is 148 Å². The minimum atomic E-state index is 0.0217. The van der Waals surface area contributed by atoms with Crippen LogP contribution < -0.4 is 0 Å². The highest BCUT2D eigenvalue weighted by Crippen LogP contribution is 2.19. The molecule has 1 aliphatic rings. The third-order valence-electron chi connectivity index (χ3n) is 4.73. The Balaban J connectivity index is 1.76. The van der Waals surface area contributed by atoms with Gasteiger partial charge >= 0.3 is 0 Å². The summed E-state index contributed by atoms with van der Waals surface area (Å²) in [7, 11) is 0. The Morgan fingerprint density at radius 1 is 1.16 bits per heavy atom. The van der Waals surface area contributed by atoms with Crippen LogP contribution in [-0.4, -0.2) is 57.8 Å². The molecule has 1 fully saturated rings. The molecule has 25 heavy (non-hydrogen) atoms. The molecule has 0 aliphatic carbocycles. The fourth-order valence-electron chi connectivity index (χ4n) is 3.21. The van der Waals surface area contributed by atoms with E-state index in [0.29, 0.717) is 37.5 Å². The smallest absolute Gasteiger partial charge is 0.253 e. The Morgan fingerprint density at radius 2 is 1.88 bits per heavy atom. The van der Waals surface area contributed by atoms with Gasteiger partial charge in [0.25, 0.3) is 5.91 Å². The third-order valence-corrected chi connectivity index (χ3v) is 4.73. The van der Waals surface area contributed by atoms with E-state index in [4.69, 9.17) is 0 Å². The summed E-state index contributed by atoms with van der Waals surface area (Å²) in [4.78, 5) is 36.3. The van der Waals surface area contributed by atoms with Gasteiger partial charge in [-0.05, 0) is 24.6 Å². The van der Waals surface area contributed by atoms with E-state index in [9.17, 15) is 9.59 Å². The van der Waals surface area contributed by atoms with Crippen LogP contribution in [0.4, 0.5) is 0 Å². The maximum atomic E-state index is 12.9. The van der Waals surface area contributed by atoms with E-state index in [-0.39, 0.29) is 11.8 Å². The summed E-state index contributed by atoms with van der Waals surface area (Å²) in [6.45, 7) is 8.67. The monoisotopic (exact) mass is 342 g/mol. The normalized spacial score (nSPS) is 15.7. The van der Waals surface area contributed by atoms with Crippen molar-refractivity contribution in [3.8, 4) is 0 Å². The largest absolute Gasteiger partial charge is 0.342 e. The van der Waals surface area contributed by atoms with Gasteiger partial charge in [0.15, 0.2) is 0 Å². The molecule has 2 amide bonds. The second kappa shape index (κ2) is 7.25. The Bertz CT molecular complexity index is 781. The van der Waals surface area contributed by atoms with Crippen molar-refractivity contribution in [2.24, 2.45) is 0 Å². The molecule has 134 valence electrons. The molecule has 3 rings (SSSR count). The topological polar surface area (TPSA) is 69.3 Å². The van der Waals surface area contributed by atoms with Gasteiger partial charge in [-0.25, -0.2) is 4.98 Å². The lowest BCUT2D eigenvalue weighted by Gasteiger charge is -2.22. The van der Waals surface area contributed by atoms with Crippen LogP contribution in [0.3, 0.4) is 0 Å². The van der Waals surface area contributed by atoms with Crippen molar-refractivity contribution in [1.82, 2.24) is 19.8 Å². The zero-order valence-corrected chi connectivity index (χ0v) is 15.2.